The van der Waals surface area contributed by atoms with E-state index < -0.39 is 0 Å². The number of rotatable bonds is 3. The first-order valence-electron chi connectivity index (χ1n) is 4.47. The van der Waals surface area contributed by atoms with E-state index in [1.165, 1.54) is 0 Å². The van der Waals surface area contributed by atoms with Gasteiger partial charge in [-0.25, -0.2) is 0 Å². The maximum absolute atomic E-state index is 5.07. The molecule has 0 aromatic rings. The minimum absolute atomic E-state index is 0.290. The van der Waals surface area contributed by atoms with Crippen LogP contribution < -0.4 is 10.6 Å². The van der Waals surface area contributed by atoms with Crippen LogP contribution in [-0.2, 0) is 0 Å². The van der Waals surface area contributed by atoms with Gasteiger partial charge >= 0.3 is 0 Å². The van der Waals surface area contributed by atoms with E-state index in [0.29, 0.717) is 0 Å². The fourth-order valence-electron chi connectivity index (χ4n) is 0.646. The third kappa shape index (κ3) is 7.79. The Bertz CT molecular complexity index is 138. The van der Waals surface area contributed by atoms with Crippen molar-refractivity contribution in [3.8, 4) is 0 Å². The highest BCUT2D eigenvalue weighted by Crippen LogP contribution is 2.09. The van der Waals surface area contributed by atoms with Crippen LogP contribution in [0.25, 0.3) is 0 Å². The summed E-state index contributed by atoms with van der Waals surface area (Å²) in [6.07, 6.45) is 1.11. The molecule has 0 spiro atoms. The summed E-state index contributed by atoms with van der Waals surface area (Å²) in [4.78, 5) is 0. The van der Waals surface area contributed by atoms with Gasteiger partial charge in [0, 0.05) is 13.1 Å². The monoisotopic (exact) mass is 188 g/mol. The lowest BCUT2D eigenvalue weighted by atomic mass is 9.97. The van der Waals surface area contributed by atoms with Crippen molar-refractivity contribution in [1.29, 1.82) is 0 Å². The van der Waals surface area contributed by atoms with Crippen molar-refractivity contribution >= 4 is 17.3 Å². The first kappa shape index (κ1) is 11.7. The van der Waals surface area contributed by atoms with Crippen molar-refractivity contribution in [1.82, 2.24) is 10.6 Å². The van der Waals surface area contributed by atoms with Crippen LogP contribution >= 0.6 is 12.2 Å². The predicted octanol–water partition coefficient (Wildman–Crippen LogP) is 1.91. The standard InChI is InChI=1S/C9H20N2S/c1-5-6-10-8(12)11-7-9(2,3)4/h5-7H2,1-4H3,(H2,10,11,12). The zero-order valence-corrected chi connectivity index (χ0v) is 9.35. The zero-order chi connectivity index (χ0) is 9.61. The number of thiocarbonyl (C=S) groups is 1. The third-order valence-electron chi connectivity index (χ3n) is 1.31. The molecular formula is C9H20N2S. The lowest BCUT2D eigenvalue weighted by Crippen LogP contribution is -2.39. The van der Waals surface area contributed by atoms with Gasteiger partial charge in [0.1, 0.15) is 0 Å². The van der Waals surface area contributed by atoms with Gasteiger partial charge in [-0.3, -0.25) is 0 Å². The normalized spacial score (nSPS) is 11.0. The summed E-state index contributed by atoms with van der Waals surface area (Å²) in [6.45, 7) is 10.5. The maximum Gasteiger partial charge on any atom is 0.166 e. The van der Waals surface area contributed by atoms with Gasteiger partial charge < -0.3 is 10.6 Å². The quantitative estimate of drug-likeness (QED) is 0.662. The fourth-order valence-corrected chi connectivity index (χ4v) is 0.821. The average Bonchev–Trinajstić information content (AvgIpc) is 1.95. The number of hydrogen-bond donors (Lipinski definition) is 2. The summed E-state index contributed by atoms with van der Waals surface area (Å²) in [5.74, 6) is 0. The van der Waals surface area contributed by atoms with Gasteiger partial charge in [0.15, 0.2) is 5.11 Å². The molecule has 0 bridgehead atoms. The molecule has 0 heterocycles. The predicted molar refractivity (Wildman–Crippen MR) is 58.3 cm³/mol. The van der Waals surface area contributed by atoms with Crippen molar-refractivity contribution in [2.75, 3.05) is 13.1 Å². The molecule has 0 aliphatic carbocycles. The molecule has 2 N–H and O–H groups in total. The van der Waals surface area contributed by atoms with Crippen LogP contribution in [0.5, 0.6) is 0 Å². The van der Waals surface area contributed by atoms with Crippen LogP contribution in [0, 0.1) is 5.41 Å². The topological polar surface area (TPSA) is 24.1 Å². The molecule has 0 aromatic heterocycles. The molecule has 0 aliphatic rings. The van der Waals surface area contributed by atoms with E-state index in [1.54, 1.807) is 0 Å². The van der Waals surface area contributed by atoms with Crippen molar-refractivity contribution in [3.05, 3.63) is 0 Å². The summed E-state index contributed by atoms with van der Waals surface area (Å²) in [5.41, 5.74) is 0.290. The van der Waals surface area contributed by atoms with E-state index in [0.717, 1.165) is 24.6 Å². The van der Waals surface area contributed by atoms with Crippen LogP contribution in [0.3, 0.4) is 0 Å². The van der Waals surface area contributed by atoms with Gasteiger partial charge in [-0.05, 0) is 24.1 Å². The average molecular weight is 188 g/mol. The first-order valence-corrected chi connectivity index (χ1v) is 4.88. The molecule has 0 fully saturated rings. The Morgan fingerprint density at radius 1 is 1.25 bits per heavy atom. The van der Waals surface area contributed by atoms with Crippen molar-refractivity contribution in [2.24, 2.45) is 5.41 Å². The Morgan fingerprint density at radius 2 is 1.83 bits per heavy atom. The molecule has 0 saturated carbocycles. The zero-order valence-electron chi connectivity index (χ0n) is 8.53. The van der Waals surface area contributed by atoms with Gasteiger partial charge in [-0.2, -0.15) is 0 Å². The second-order valence-corrected chi connectivity index (χ2v) is 4.58. The molecule has 2 nitrogen and oxygen atoms in total. The molecule has 0 rings (SSSR count). The van der Waals surface area contributed by atoms with Gasteiger partial charge in [0.2, 0.25) is 0 Å². The molecule has 0 unspecified atom stereocenters. The molecular weight excluding hydrogens is 168 g/mol. The van der Waals surface area contributed by atoms with Crippen LogP contribution in [0.2, 0.25) is 0 Å². The highest BCUT2D eigenvalue weighted by molar-refractivity contribution is 7.80. The summed E-state index contributed by atoms with van der Waals surface area (Å²) in [6, 6.07) is 0. The van der Waals surface area contributed by atoms with Gasteiger partial charge in [-0.15, -0.1) is 0 Å². The van der Waals surface area contributed by atoms with Crippen molar-refractivity contribution in [2.45, 2.75) is 34.1 Å². The number of hydrogen-bond acceptors (Lipinski definition) is 1. The Morgan fingerprint density at radius 3 is 2.25 bits per heavy atom. The Hall–Kier alpha value is -0.310. The summed E-state index contributed by atoms with van der Waals surface area (Å²) in [5, 5.41) is 7.07. The van der Waals surface area contributed by atoms with Gasteiger partial charge in [-0.1, -0.05) is 27.7 Å². The third-order valence-corrected chi connectivity index (χ3v) is 1.60. The number of nitrogens with one attached hydrogen (secondary N) is 2. The van der Waals surface area contributed by atoms with Crippen LogP contribution in [-0.4, -0.2) is 18.2 Å². The van der Waals surface area contributed by atoms with E-state index in [-0.39, 0.29) is 5.41 Å². The van der Waals surface area contributed by atoms with Gasteiger partial charge in [0.05, 0.1) is 0 Å². The smallest absolute Gasteiger partial charge is 0.166 e. The van der Waals surface area contributed by atoms with E-state index in [2.05, 4.69) is 38.3 Å². The highest BCUT2D eigenvalue weighted by atomic mass is 32.1. The molecule has 3 heteroatoms. The second-order valence-electron chi connectivity index (χ2n) is 4.17. The van der Waals surface area contributed by atoms with E-state index >= 15 is 0 Å². The Labute approximate surface area is 81.1 Å². The minimum Gasteiger partial charge on any atom is -0.363 e. The van der Waals surface area contributed by atoms with E-state index in [9.17, 15) is 0 Å². The van der Waals surface area contributed by atoms with Crippen LogP contribution in [0.15, 0.2) is 0 Å². The molecule has 0 atom stereocenters. The fraction of sp³-hybridized carbons (Fsp3) is 0.889. The summed E-state index contributed by atoms with van der Waals surface area (Å²) >= 11 is 5.07. The molecule has 0 radical (unpaired) electrons. The van der Waals surface area contributed by atoms with Crippen LogP contribution in [0.4, 0.5) is 0 Å². The lowest BCUT2D eigenvalue weighted by Gasteiger charge is -2.20. The molecule has 72 valence electrons. The SMILES string of the molecule is CCCNC(=S)NCC(C)(C)C. The molecule has 0 amide bonds. The van der Waals surface area contributed by atoms with Gasteiger partial charge in [0.25, 0.3) is 0 Å². The molecule has 12 heavy (non-hydrogen) atoms. The maximum atomic E-state index is 5.07. The Kier molecular flexibility index (Phi) is 5.22. The van der Waals surface area contributed by atoms with E-state index in [4.69, 9.17) is 12.2 Å². The molecule has 0 aromatic carbocycles. The van der Waals surface area contributed by atoms with Crippen molar-refractivity contribution < 1.29 is 0 Å². The lowest BCUT2D eigenvalue weighted by molar-refractivity contribution is 0.408. The summed E-state index contributed by atoms with van der Waals surface area (Å²) < 4.78 is 0. The molecule has 0 aliphatic heterocycles. The van der Waals surface area contributed by atoms with Crippen LogP contribution in [0.1, 0.15) is 34.1 Å². The molecule has 0 saturated heterocycles. The largest absolute Gasteiger partial charge is 0.363 e. The first-order chi connectivity index (χ1) is 5.45. The van der Waals surface area contributed by atoms with Crippen molar-refractivity contribution in [3.63, 3.8) is 0 Å². The van der Waals surface area contributed by atoms with E-state index in [1.807, 2.05) is 0 Å². The highest BCUT2D eigenvalue weighted by Gasteiger charge is 2.09. The minimum atomic E-state index is 0.290. The summed E-state index contributed by atoms with van der Waals surface area (Å²) in [7, 11) is 0. The Balaban J connectivity index is 3.44. The second kappa shape index (κ2) is 5.36.